The molecule has 0 aliphatic rings. The highest BCUT2D eigenvalue weighted by atomic mass is 79.9. The van der Waals surface area contributed by atoms with Crippen LogP contribution < -0.4 is 10.6 Å². The molecule has 0 aliphatic heterocycles. The van der Waals surface area contributed by atoms with Gasteiger partial charge in [0.2, 0.25) is 5.91 Å². The maximum atomic E-state index is 12.7. The van der Waals surface area contributed by atoms with Crippen molar-refractivity contribution in [3.63, 3.8) is 0 Å². The molecule has 0 saturated heterocycles. The summed E-state index contributed by atoms with van der Waals surface area (Å²) in [6.45, 7) is 0.0630. The Kier molecular flexibility index (Phi) is 4.98. The summed E-state index contributed by atoms with van der Waals surface area (Å²) in [5, 5.41) is 6.12. The number of halogens is 3. The van der Waals surface area contributed by atoms with Crippen LogP contribution in [0, 0.1) is 5.82 Å². The monoisotopic (exact) mass is 356 g/mol. The molecule has 2 N–H and O–H groups in total. The molecule has 0 unspecified atom stereocenters. The second kappa shape index (κ2) is 6.72. The minimum atomic E-state index is -0.345. The van der Waals surface area contributed by atoms with Crippen LogP contribution in [-0.2, 0) is 4.79 Å². The molecule has 0 heterocycles. The second-order valence-corrected chi connectivity index (χ2v) is 5.36. The molecule has 0 saturated carbocycles. The molecule has 1 amide bonds. The van der Waals surface area contributed by atoms with E-state index in [-0.39, 0.29) is 18.3 Å². The Morgan fingerprint density at radius 1 is 1.20 bits per heavy atom. The summed E-state index contributed by atoms with van der Waals surface area (Å²) in [4.78, 5) is 11.7. The van der Waals surface area contributed by atoms with Crippen LogP contribution in [0.2, 0.25) is 5.02 Å². The Hall–Kier alpha value is -1.59. The zero-order chi connectivity index (χ0) is 14.5. The summed E-state index contributed by atoms with van der Waals surface area (Å²) in [5.74, 6) is -0.588. The summed E-state index contributed by atoms with van der Waals surface area (Å²) >= 11 is 9.33. The third-order valence-electron chi connectivity index (χ3n) is 2.50. The lowest BCUT2D eigenvalue weighted by Crippen LogP contribution is -2.21. The molecular weight excluding hydrogens is 347 g/mol. The van der Waals surface area contributed by atoms with Crippen molar-refractivity contribution < 1.29 is 9.18 Å². The fourth-order valence-corrected chi connectivity index (χ4v) is 2.09. The number of amides is 1. The maximum Gasteiger partial charge on any atom is 0.243 e. The minimum Gasteiger partial charge on any atom is -0.375 e. The van der Waals surface area contributed by atoms with Crippen LogP contribution in [0.1, 0.15) is 0 Å². The second-order valence-electron chi connectivity index (χ2n) is 4.03. The van der Waals surface area contributed by atoms with E-state index in [1.54, 1.807) is 12.1 Å². The molecule has 0 spiro atoms. The van der Waals surface area contributed by atoms with Crippen LogP contribution in [0.3, 0.4) is 0 Å². The average Bonchev–Trinajstić information content (AvgIpc) is 2.42. The third kappa shape index (κ3) is 4.21. The molecular formula is C14H11BrClFN2O. The van der Waals surface area contributed by atoms with E-state index in [4.69, 9.17) is 11.6 Å². The van der Waals surface area contributed by atoms with E-state index < -0.39 is 0 Å². The van der Waals surface area contributed by atoms with Gasteiger partial charge in [-0.1, -0.05) is 27.5 Å². The highest BCUT2D eigenvalue weighted by molar-refractivity contribution is 9.10. The van der Waals surface area contributed by atoms with Gasteiger partial charge in [0.25, 0.3) is 0 Å². The zero-order valence-corrected chi connectivity index (χ0v) is 12.6. The standard InChI is InChI=1S/C14H11BrClFN2O/c15-9-1-6-12(16)13(7-9)18-8-14(20)19-11-4-2-10(17)3-5-11/h1-7,18H,8H2,(H,19,20). The van der Waals surface area contributed by atoms with E-state index in [0.29, 0.717) is 16.4 Å². The Morgan fingerprint density at radius 2 is 1.90 bits per heavy atom. The number of benzene rings is 2. The van der Waals surface area contributed by atoms with Crippen molar-refractivity contribution in [3.8, 4) is 0 Å². The van der Waals surface area contributed by atoms with Gasteiger partial charge >= 0.3 is 0 Å². The Morgan fingerprint density at radius 3 is 2.60 bits per heavy atom. The van der Waals surface area contributed by atoms with Crippen molar-refractivity contribution in [2.24, 2.45) is 0 Å². The average molecular weight is 358 g/mol. The van der Waals surface area contributed by atoms with Crippen molar-refractivity contribution in [1.29, 1.82) is 0 Å². The molecule has 0 aromatic heterocycles. The lowest BCUT2D eigenvalue weighted by atomic mass is 10.3. The molecule has 0 aliphatic carbocycles. The molecule has 2 rings (SSSR count). The van der Waals surface area contributed by atoms with Gasteiger partial charge in [-0.05, 0) is 42.5 Å². The van der Waals surface area contributed by atoms with Crippen molar-refractivity contribution in [2.45, 2.75) is 0 Å². The molecule has 0 fully saturated rings. The summed E-state index contributed by atoms with van der Waals surface area (Å²) < 4.78 is 13.6. The van der Waals surface area contributed by atoms with Gasteiger partial charge in [-0.25, -0.2) is 4.39 Å². The topological polar surface area (TPSA) is 41.1 Å². The third-order valence-corrected chi connectivity index (χ3v) is 3.32. The lowest BCUT2D eigenvalue weighted by molar-refractivity contribution is -0.114. The SMILES string of the molecule is O=C(CNc1cc(Br)ccc1Cl)Nc1ccc(F)cc1. The number of hydrogen-bond donors (Lipinski definition) is 2. The first-order valence-electron chi connectivity index (χ1n) is 5.79. The van der Waals surface area contributed by atoms with Gasteiger partial charge in [0.15, 0.2) is 0 Å². The van der Waals surface area contributed by atoms with Crippen LogP contribution >= 0.6 is 27.5 Å². The van der Waals surface area contributed by atoms with Gasteiger partial charge in [0.05, 0.1) is 17.3 Å². The molecule has 6 heteroatoms. The fraction of sp³-hybridized carbons (Fsp3) is 0.0714. The van der Waals surface area contributed by atoms with Crippen molar-refractivity contribution >= 4 is 44.8 Å². The van der Waals surface area contributed by atoms with Gasteiger partial charge in [0, 0.05) is 10.2 Å². The molecule has 104 valence electrons. The Labute approximate surface area is 129 Å². The van der Waals surface area contributed by atoms with E-state index in [1.807, 2.05) is 6.07 Å². The fourth-order valence-electron chi connectivity index (χ4n) is 1.55. The molecule has 2 aromatic carbocycles. The van der Waals surface area contributed by atoms with Crippen LogP contribution in [-0.4, -0.2) is 12.5 Å². The Bertz CT molecular complexity index is 619. The van der Waals surface area contributed by atoms with E-state index in [2.05, 4.69) is 26.6 Å². The van der Waals surface area contributed by atoms with E-state index in [1.165, 1.54) is 24.3 Å². The zero-order valence-electron chi connectivity index (χ0n) is 10.3. The molecule has 0 radical (unpaired) electrons. The molecule has 0 bridgehead atoms. The molecule has 2 aromatic rings. The number of rotatable bonds is 4. The van der Waals surface area contributed by atoms with Crippen LogP contribution in [0.5, 0.6) is 0 Å². The normalized spacial score (nSPS) is 10.2. The van der Waals surface area contributed by atoms with Crippen LogP contribution in [0.4, 0.5) is 15.8 Å². The van der Waals surface area contributed by atoms with E-state index >= 15 is 0 Å². The van der Waals surface area contributed by atoms with Gasteiger partial charge in [-0.2, -0.15) is 0 Å². The van der Waals surface area contributed by atoms with Gasteiger partial charge in [-0.3, -0.25) is 4.79 Å². The highest BCUT2D eigenvalue weighted by Crippen LogP contribution is 2.25. The predicted molar refractivity (Wildman–Crippen MR) is 82.7 cm³/mol. The molecule has 3 nitrogen and oxygen atoms in total. The quantitative estimate of drug-likeness (QED) is 0.857. The summed E-state index contributed by atoms with van der Waals surface area (Å²) in [6, 6.07) is 10.9. The summed E-state index contributed by atoms with van der Waals surface area (Å²) in [7, 11) is 0. The van der Waals surface area contributed by atoms with Gasteiger partial charge in [0.1, 0.15) is 5.82 Å². The summed E-state index contributed by atoms with van der Waals surface area (Å²) in [6.07, 6.45) is 0. The van der Waals surface area contributed by atoms with Gasteiger partial charge < -0.3 is 10.6 Å². The number of nitrogens with one attached hydrogen (secondary N) is 2. The first-order valence-corrected chi connectivity index (χ1v) is 6.96. The van der Waals surface area contributed by atoms with Crippen molar-refractivity contribution in [1.82, 2.24) is 0 Å². The van der Waals surface area contributed by atoms with Gasteiger partial charge in [-0.15, -0.1) is 0 Å². The smallest absolute Gasteiger partial charge is 0.243 e. The first-order chi connectivity index (χ1) is 9.54. The van der Waals surface area contributed by atoms with Crippen molar-refractivity contribution in [2.75, 3.05) is 17.2 Å². The number of carbonyl (C=O) groups excluding carboxylic acids is 1. The van der Waals surface area contributed by atoms with Crippen LogP contribution in [0.25, 0.3) is 0 Å². The number of anilines is 2. The van der Waals surface area contributed by atoms with Crippen LogP contribution in [0.15, 0.2) is 46.9 Å². The number of hydrogen-bond acceptors (Lipinski definition) is 2. The van der Waals surface area contributed by atoms with E-state index in [9.17, 15) is 9.18 Å². The Balaban J connectivity index is 1.92. The first kappa shape index (κ1) is 14.8. The van der Waals surface area contributed by atoms with E-state index in [0.717, 1.165) is 4.47 Å². The maximum absolute atomic E-state index is 12.7. The highest BCUT2D eigenvalue weighted by Gasteiger charge is 2.05. The molecule has 20 heavy (non-hydrogen) atoms. The number of carbonyl (C=O) groups is 1. The minimum absolute atomic E-state index is 0.0630. The summed E-state index contributed by atoms with van der Waals surface area (Å²) in [5.41, 5.74) is 1.20. The molecule has 0 atom stereocenters. The predicted octanol–water partition coefficient (Wildman–Crippen LogP) is 4.29. The largest absolute Gasteiger partial charge is 0.375 e. The lowest BCUT2D eigenvalue weighted by Gasteiger charge is -2.09. The van der Waals surface area contributed by atoms with Crippen molar-refractivity contribution in [3.05, 3.63) is 57.8 Å².